The molecule has 0 spiro atoms. The number of carbonyl (C=O) groups is 1. The van der Waals surface area contributed by atoms with Crippen molar-refractivity contribution in [2.24, 2.45) is 5.84 Å². The summed E-state index contributed by atoms with van der Waals surface area (Å²) in [5.74, 6) is 5.42. The highest BCUT2D eigenvalue weighted by atomic mass is 127. The summed E-state index contributed by atoms with van der Waals surface area (Å²) >= 11 is 6.77. The van der Waals surface area contributed by atoms with E-state index >= 15 is 0 Å². The smallest absolute Gasteiger partial charge is 0.287 e. The zero-order valence-corrected chi connectivity index (χ0v) is 17.0. The fourth-order valence-electron chi connectivity index (χ4n) is 1.49. The van der Waals surface area contributed by atoms with Crippen LogP contribution in [0, 0.1) is 10.7 Å². The highest BCUT2D eigenvalue weighted by molar-refractivity contribution is 14.1. The lowest BCUT2D eigenvalue weighted by atomic mass is 10.3. The monoisotopic (exact) mass is 625 g/mol. The number of carbonyl (C=O) groups excluding carboxylic acids is 1. The molecule has 0 aliphatic rings. The minimum atomic E-state index is -0.469. The number of nitrogen functional groups attached to an aromatic ring is 1. The summed E-state index contributed by atoms with van der Waals surface area (Å²) in [7, 11) is 0. The third-order valence-corrected chi connectivity index (χ3v) is 4.66. The van der Waals surface area contributed by atoms with Crippen molar-refractivity contribution in [3.05, 3.63) is 34.7 Å². The van der Waals surface area contributed by atoms with Gasteiger partial charge < -0.3 is 4.74 Å². The fraction of sp³-hybridized carbons (Fsp3) is 0.182. The summed E-state index contributed by atoms with van der Waals surface area (Å²) in [5.41, 5.74) is 2.18. The molecule has 0 aliphatic heterocycles. The Hall–Kier alpha value is -0.220. The van der Waals surface area contributed by atoms with Crippen LogP contribution in [0.2, 0.25) is 0 Å². The predicted octanol–water partition coefficient (Wildman–Crippen LogP) is 1.77. The van der Waals surface area contributed by atoms with Gasteiger partial charge in [0.15, 0.2) is 5.69 Å². The van der Waals surface area contributed by atoms with Gasteiger partial charge in [-0.2, -0.15) is 0 Å². The van der Waals surface area contributed by atoms with Crippen molar-refractivity contribution < 1.29 is 9.53 Å². The van der Waals surface area contributed by atoms with Gasteiger partial charge in [0.05, 0.1) is 19.9 Å². The molecule has 7 nitrogen and oxygen atoms in total. The van der Waals surface area contributed by atoms with E-state index in [1.54, 1.807) is 0 Å². The quantitative estimate of drug-likeness (QED) is 0.229. The number of nitrogens with zero attached hydrogens (tertiary/aromatic N) is 3. The van der Waals surface area contributed by atoms with Crippen LogP contribution in [0.25, 0.3) is 0 Å². The topological polar surface area (TPSA) is 95.1 Å². The van der Waals surface area contributed by atoms with Crippen molar-refractivity contribution in [3.8, 4) is 5.75 Å². The number of hydrogen-bond acceptors (Lipinski definition) is 5. The Labute approximate surface area is 161 Å². The number of benzene rings is 1. The van der Waals surface area contributed by atoms with Gasteiger partial charge in [0.2, 0.25) is 0 Å². The highest BCUT2D eigenvalue weighted by Gasteiger charge is 2.10. The molecule has 0 aliphatic carbocycles. The second-order valence-corrected chi connectivity index (χ2v) is 7.46. The van der Waals surface area contributed by atoms with E-state index in [0.717, 1.165) is 12.9 Å². The Morgan fingerprint density at radius 1 is 1.33 bits per heavy atom. The number of hydrazine groups is 1. The molecule has 0 saturated carbocycles. The number of halogens is 3. The molecule has 1 aromatic carbocycles. The van der Waals surface area contributed by atoms with Crippen molar-refractivity contribution in [1.82, 2.24) is 20.4 Å². The lowest BCUT2D eigenvalue weighted by Gasteiger charge is -2.10. The summed E-state index contributed by atoms with van der Waals surface area (Å²) in [6, 6.07) is 4.11. The van der Waals surface area contributed by atoms with Crippen molar-refractivity contribution >= 4 is 73.7 Å². The second-order valence-electron chi connectivity index (χ2n) is 3.89. The minimum Gasteiger partial charge on any atom is -0.489 e. The maximum atomic E-state index is 11.3. The first-order valence-electron chi connectivity index (χ1n) is 5.69. The maximum Gasteiger partial charge on any atom is 0.287 e. The molecule has 0 fully saturated rings. The van der Waals surface area contributed by atoms with Crippen LogP contribution in [-0.2, 0) is 6.54 Å². The van der Waals surface area contributed by atoms with Crippen molar-refractivity contribution in [2.45, 2.75) is 6.54 Å². The Bertz CT molecular complexity index is 638. The van der Waals surface area contributed by atoms with Gasteiger partial charge in [-0.05, 0) is 79.9 Å². The lowest BCUT2D eigenvalue weighted by molar-refractivity contribution is 0.0948. The molecule has 1 amide bonds. The molecule has 0 atom stereocenters. The van der Waals surface area contributed by atoms with Crippen LogP contribution in [0.1, 0.15) is 10.5 Å². The van der Waals surface area contributed by atoms with E-state index in [4.69, 9.17) is 10.6 Å². The molecular formula is C11H10I3N5O2. The average molecular weight is 625 g/mol. The standard InChI is InChI=1S/C11H10I3N5O2/c12-6-3-7(13)10(8(14)4-6)21-2-1-19-5-9(17-18-19)11(20)16-15/h3-5H,1-2,15H2,(H,16,20). The van der Waals surface area contributed by atoms with Crippen LogP contribution >= 0.6 is 67.8 Å². The van der Waals surface area contributed by atoms with Crippen LogP contribution in [-0.4, -0.2) is 27.5 Å². The Morgan fingerprint density at radius 3 is 2.62 bits per heavy atom. The third kappa shape index (κ3) is 4.62. The molecule has 10 heteroatoms. The van der Waals surface area contributed by atoms with Crippen LogP contribution in [0.15, 0.2) is 18.3 Å². The normalized spacial score (nSPS) is 10.5. The predicted molar refractivity (Wildman–Crippen MR) is 102 cm³/mol. The van der Waals surface area contributed by atoms with Crippen molar-refractivity contribution in [1.29, 1.82) is 0 Å². The number of aromatic nitrogens is 3. The number of rotatable bonds is 5. The largest absolute Gasteiger partial charge is 0.489 e. The van der Waals surface area contributed by atoms with E-state index in [1.165, 1.54) is 14.4 Å². The summed E-state index contributed by atoms with van der Waals surface area (Å²) in [6.07, 6.45) is 1.52. The molecule has 21 heavy (non-hydrogen) atoms. The lowest BCUT2D eigenvalue weighted by Crippen LogP contribution is -2.30. The molecule has 2 aromatic rings. The minimum absolute atomic E-state index is 0.177. The summed E-state index contributed by atoms with van der Waals surface area (Å²) in [4.78, 5) is 11.3. The van der Waals surface area contributed by atoms with E-state index in [0.29, 0.717) is 13.2 Å². The molecule has 0 saturated heterocycles. The summed E-state index contributed by atoms with van der Waals surface area (Å²) in [6.45, 7) is 0.919. The summed E-state index contributed by atoms with van der Waals surface area (Å²) in [5, 5.41) is 7.56. The molecule has 1 heterocycles. The Kier molecular flexibility index (Phi) is 6.42. The first-order chi connectivity index (χ1) is 10.0. The zero-order valence-electron chi connectivity index (χ0n) is 10.5. The van der Waals surface area contributed by atoms with Crippen LogP contribution in [0.3, 0.4) is 0 Å². The number of amides is 1. The highest BCUT2D eigenvalue weighted by Crippen LogP contribution is 2.29. The fourth-order valence-corrected chi connectivity index (χ4v) is 5.39. The zero-order chi connectivity index (χ0) is 15.4. The summed E-state index contributed by atoms with van der Waals surface area (Å²) < 4.78 is 10.6. The molecule has 0 radical (unpaired) electrons. The van der Waals surface area contributed by atoms with E-state index < -0.39 is 5.91 Å². The molecule has 2 rings (SSSR count). The van der Waals surface area contributed by atoms with Crippen molar-refractivity contribution in [3.63, 3.8) is 0 Å². The van der Waals surface area contributed by atoms with E-state index in [-0.39, 0.29) is 5.69 Å². The molecule has 112 valence electrons. The molecular weight excluding hydrogens is 615 g/mol. The van der Waals surface area contributed by atoms with Crippen LogP contribution < -0.4 is 16.0 Å². The van der Waals surface area contributed by atoms with Crippen LogP contribution in [0.4, 0.5) is 0 Å². The first kappa shape index (κ1) is 17.1. The SMILES string of the molecule is NNC(=O)c1cn(CCOc2c(I)cc(I)cc2I)nn1. The second kappa shape index (κ2) is 7.87. The number of nitrogens with two attached hydrogens (primary N) is 1. The van der Waals surface area contributed by atoms with Gasteiger partial charge in [-0.25, -0.2) is 10.5 Å². The number of nitrogens with one attached hydrogen (secondary N) is 1. The van der Waals surface area contributed by atoms with Crippen molar-refractivity contribution in [2.75, 3.05) is 6.61 Å². The van der Waals surface area contributed by atoms with Gasteiger partial charge in [-0.15, -0.1) is 5.10 Å². The van der Waals surface area contributed by atoms with Gasteiger partial charge in [-0.1, -0.05) is 5.21 Å². The van der Waals surface area contributed by atoms with E-state index in [2.05, 4.69) is 90.2 Å². The maximum absolute atomic E-state index is 11.3. The van der Waals surface area contributed by atoms with Gasteiger partial charge in [-0.3, -0.25) is 10.2 Å². The van der Waals surface area contributed by atoms with Crippen LogP contribution in [0.5, 0.6) is 5.75 Å². The van der Waals surface area contributed by atoms with Gasteiger partial charge in [0, 0.05) is 3.57 Å². The number of ether oxygens (including phenoxy) is 1. The number of hydrogen-bond donors (Lipinski definition) is 2. The third-order valence-electron chi connectivity index (χ3n) is 2.43. The average Bonchev–Trinajstić information content (AvgIpc) is 2.89. The van der Waals surface area contributed by atoms with Gasteiger partial charge in [0.25, 0.3) is 5.91 Å². The first-order valence-corrected chi connectivity index (χ1v) is 8.93. The van der Waals surface area contributed by atoms with Gasteiger partial charge >= 0.3 is 0 Å². The molecule has 3 N–H and O–H groups in total. The van der Waals surface area contributed by atoms with Gasteiger partial charge in [0.1, 0.15) is 12.4 Å². The molecule has 0 bridgehead atoms. The van der Waals surface area contributed by atoms with E-state index in [9.17, 15) is 4.79 Å². The Balaban J connectivity index is 1.96. The Morgan fingerprint density at radius 2 is 2.00 bits per heavy atom. The molecule has 1 aromatic heterocycles. The molecule has 0 unspecified atom stereocenters. The van der Waals surface area contributed by atoms with E-state index in [1.807, 2.05) is 5.43 Å².